The normalized spacial score (nSPS) is 14.1. The molecule has 2 amide bonds. The van der Waals surface area contributed by atoms with Gasteiger partial charge >= 0.3 is 30.1 Å². The van der Waals surface area contributed by atoms with Crippen LogP contribution in [0.2, 0.25) is 0 Å². The van der Waals surface area contributed by atoms with Crippen molar-refractivity contribution in [3.63, 3.8) is 0 Å². The number of hydrogen-bond donors (Lipinski definition) is 3. The molecule has 3 rings (SSSR count). The third-order valence-electron chi connectivity index (χ3n) is 5.55. The van der Waals surface area contributed by atoms with E-state index in [-0.39, 0.29) is 18.3 Å². The molecule has 2 atom stereocenters. The zero-order valence-corrected chi connectivity index (χ0v) is 20.2. The van der Waals surface area contributed by atoms with Crippen LogP contribution in [0.3, 0.4) is 0 Å². The highest BCUT2D eigenvalue weighted by molar-refractivity contribution is 7.99. The monoisotopic (exact) mass is 540 g/mol. The number of aliphatic carboxylic acids is 1. The molecule has 37 heavy (non-hydrogen) atoms. The third-order valence-corrected chi connectivity index (χ3v) is 6.69. The number of carboxylic acid groups (broad SMARTS) is 1. The molecule has 0 bridgehead atoms. The molecular weight excluding hydrogens is 517 g/mol. The van der Waals surface area contributed by atoms with Gasteiger partial charge in [-0.3, -0.25) is 4.79 Å². The number of thioether (sulfide) groups is 1. The van der Waals surface area contributed by atoms with Gasteiger partial charge in [-0.15, -0.1) is 0 Å². The number of esters is 1. The van der Waals surface area contributed by atoms with Gasteiger partial charge in [-0.25, -0.2) is 14.4 Å². The van der Waals surface area contributed by atoms with Gasteiger partial charge in [0.2, 0.25) is 0 Å². The summed E-state index contributed by atoms with van der Waals surface area (Å²) in [4.78, 5) is 46.9. The highest BCUT2D eigenvalue weighted by Crippen LogP contribution is 2.44. The van der Waals surface area contributed by atoms with E-state index in [1.54, 1.807) is 0 Å². The Morgan fingerprint density at radius 3 is 2.00 bits per heavy atom. The summed E-state index contributed by atoms with van der Waals surface area (Å²) in [6.45, 7) is -0.0484. The number of methoxy groups -OCH3 is 1. The van der Waals surface area contributed by atoms with Gasteiger partial charge < -0.3 is 25.2 Å². The number of carboxylic acids is 1. The van der Waals surface area contributed by atoms with E-state index in [1.807, 2.05) is 48.5 Å². The Morgan fingerprint density at radius 2 is 1.49 bits per heavy atom. The summed E-state index contributed by atoms with van der Waals surface area (Å²) < 4.78 is 47.2. The number of halogens is 3. The van der Waals surface area contributed by atoms with E-state index in [9.17, 15) is 37.5 Å². The van der Waals surface area contributed by atoms with Crippen molar-refractivity contribution >= 4 is 35.7 Å². The molecule has 198 valence electrons. The maximum atomic E-state index is 12.5. The van der Waals surface area contributed by atoms with Crippen molar-refractivity contribution in [3.8, 4) is 11.1 Å². The molecule has 0 radical (unpaired) electrons. The van der Waals surface area contributed by atoms with Crippen LogP contribution in [0.1, 0.15) is 17.0 Å². The number of alkyl carbamates (subject to hydrolysis) is 1. The molecule has 3 N–H and O–H groups in total. The number of carbonyl (C=O) groups excluding carboxylic acids is 3. The number of ether oxygens (including phenoxy) is 2. The SMILES string of the molecule is COC(=O)[C@@H](CSC[C@H](NC(=O)OCC1c2ccccc2-c2ccccc21)C(=O)O)NC(=O)C(F)(F)F. The highest BCUT2D eigenvalue weighted by atomic mass is 32.2. The van der Waals surface area contributed by atoms with E-state index in [2.05, 4.69) is 10.1 Å². The predicted molar refractivity (Wildman–Crippen MR) is 127 cm³/mol. The van der Waals surface area contributed by atoms with E-state index < -0.39 is 48.0 Å². The van der Waals surface area contributed by atoms with Crippen LogP contribution in [0.5, 0.6) is 0 Å². The van der Waals surface area contributed by atoms with E-state index in [4.69, 9.17) is 4.74 Å². The first-order valence-electron chi connectivity index (χ1n) is 10.9. The van der Waals surface area contributed by atoms with Gasteiger partial charge in [0, 0.05) is 17.4 Å². The maximum absolute atomic E-state index is 12.5. The van der Waals surface area contributed by atoms with E-state index in [1.165, 1.54) is 5.32 Å². The first kappa shape index (κ1) is 27.8. The molecule has 1 aliphatic carbocycles. The van der Waals surface area contributed by atoms with Crippen molar-refractivity contribution in [1.29, 1.82) is 0 Å². The summed E-state index contributed by atoms with van der Waals surface area (Å²) >= 11 is 0.727. The Bertz CT molecular complexity index is 1130. The summed E-state index contributed by atoms with van der Waals surface area (Å²) in [6, 6.07) is 12.2. The van der Waals surface area contributed by atoms with E-state index in [0.717, 1.165) is 41.1 Å². The molecule has 13 heteroatoms. The van der Waals surface area contributed by atoms with Crippen LogP contribution < -0.4 is 10.6 Å². The summed E-state index contributed by atoms with van der Waals surface area (Å²) in [6.07, 6.45) is -6.21. The Morgan fingerprint density at radius 1 is 0.946 bits per heavy atom. The molecule has 0 unspecified atom stereocenters. The average molecular weight is 541 g/mol. The smallest absolute Gasteiger partial charge is 0.471 e. The van der Waals surface area contributed by atoms with E-state index >= 15 is 0 Å². The predicted octanol–water partition coefficient (Wildman–Crippen LogP) is 2.93. The van der Waals surface area contributed by atoms with Gasteiger partial charge in [0.05, 0.1) is 7.11 Å². The first-order valence-corrected chi connectivity index (χ1v) is 12.1. The van der Waals surface area contributed by atoms with Crippen molar-refractivity contribution in [3.05, 3.63) is 59.7 Å². The van der Waals surface area contributed by atoms with Crippen molar-refractivity contribution in [2.24, 2.45) is 0 Å². The largest absolute Gasteiger partial charge is 0.480 e. The highest BCUT2D eigenvalue weighted by Gasteiger charge is 2.41. The van der Waals surface area contributed by atoms with Crippen LogP contribution in [0, 0.1) is 0 Å². The zero-order valence-electron chi connectivity index (χ0n) is 19.4. The lowest BCUT2D eigenvalue weighted by atomic mass is 9.98. The van der Waals surface area contributed by atoms with Crippen molar-refractivity contribution in [2.45, 2.75) is 24.2 Å². The molecule has 0 aliphatic heterocycles. The number of carbonyl (C=O) groups is 4. The van der Waals surface area contributed by atoms with Gasteiger partial charge in [-0.05, 0) is 22.3 Å². The molecule has 2 aromatic carbocycles. The third kappa shape index (κ3) is 6.94. The Balaban J connectivity index is 1.56. The van der Waals surface area contributed by atoms with Gasteiger partial charge in [-0.1, -0.05) is 48.5 Å². The molecule has 9 nitrogen and oxygen atoms in total. The number of hydrogen-bond acceptors (Lipinski definition) is 7. The van der Waals surface area contributed by atoms with Crippen molar-refractivity contribution < 1.29 is 46.9 Å². The van der Waals surface area contributed by atoms with Crippen LogP contribution in [0.25, 0.3) is 11.1 Å². The van der Waals surface area contributed by atoms with Crippen LogP contribution >= 0.6 is 11.8 Å². The molecule has 0 spiro atoms. The quantitative estimate of drug-likeness (QED) is 0.392. The fraction of sp³-hybridized carbons (Fsp3) is 0.333. The zero-order chi connectivity index (χ0) is 27.2. The molecule has 0 aromatic heterocycles. The van der Waals surface area contributed by atoms with Crippen LogP contribution in [0.4, 0.5) is 18.0 Å². The van der Waals surface area contributed by atoms with E-state index in [0.29, 0.717) is 0 Å². The average Bonchev–Trinajstić information content (AvgIpc) is 3.18. The number of amides is 2. The topological polar surface area (TPSA) is 131 Å². The lowest BCUT2D eigenvalue weighted by molar-refractivity contribution is -0.175. The van der Waals surface area contributed by atoms with Gasteiger partial charge in [0.1, 0.15) is 18.7 Å². The lowest BCUT2D eigenvalue weighted by Gasteiger charge is -2.19. The summed E-state index contributed by atoms with van der Waals surface area (Å²) in [5, 5.41) is 13.1. The standard InChI is InChI=1S/C24H23F3N2O7S/c1-35-21(32)19(28-22(33)24(25,26)27)12-37-11-18(20(30)31)29-23(34)36-10-17-15-8-4-2-6-13(15)14-7-3-5-9-16(14)17/h2-9,17-19H,10-12H2,1H3,(H,28,33)(H,29,34)(H,30,31)/t18-,19+/m0/s1. The summed E-state index contributed by atoms with van der Waals surface area (Å²) in [5.74, 6) is -5.89. The van der Waals surface area contributed by atoms with Crippen molar-refractivity contribution in [2.75, 3.05) is 25.2 Å². The molecule has 2 aromatic rings. The molecule has 0 fully saturated rings. The fourth-order valence-electron chi connectivity index (χ4n) is 3.81. The Labute approximate surface area is 213 Å². The minimum Gasteiger partial charge on any atom is -0.480 e. The van der Waals surface area contributed by atoms with Crippen LogP contribution in [0.15, 0.2) is 48.5 Å². The van der Waals surface area contributed by atoms with Crippen molar-refractivity contribution in [1.82, 2.24) is 10.6 Å². The lowest BCUT2D eigenvalue weighted by Crippen LogP contribution is -2.49. The number of rotatable bonds is 10. The van der Waals surface area contributed by atoms with Crippen LogP contribution in [-0.2, 0) is 23.9 Å². The van der Waals surface area contributed by atoms with Crippen LogP contribution in [-0.4, -0.2) is 72.5 Å². The Hall–Kier alpha value is -3.74. The minimum absolute atomic E-state index is 0.0484. The first-order chi connectivity index (χ1) is 17.5. The fourth-order valence-corrected chi connectivity index (χ4v) is 4.86. The number of alkyl halides is 3. The molecule has 0 saturated heterocycles. The number of benzene rings is 2. The second-order valence-electron chi connectivity index (χ2n) is 7.95. The number of nitrogens with one attached hydrogen (secondary N) is 2. The molecule has 0 saturated carbocycles. The Kier molecular flexibility index (Phi) is 9.03. The molecular formula is C24H23F3N2O7S. The maximum Gasteiger partial charge on any atom is 0.471 e. The molecule has 1 aliphatic rings. The molecule has 0 heterocycles. The second kappa shape index (κ2) is 12.0. The summed E-state index contributed by atoms with van der Waals surface area (Å²) in [5.41, 5.74) is 3.97. The minimum atomic E-state index is -5.22. The van der Waals surface area contributed by atoms with Gasteiger partial charge in [-0.2, -0.15) is 24.9 Å². The van der Waals surface area contributed by atoms with Gasteiger partial charge in [0.25, 0.3) is 0 Å². The number of fused-ring (bicyclic) bond motifs is 3. The van der Waals surface area contributed by atoms with Gasteiger partial charge in [0.15, 0.2) is 0 Å². The second-order valence-corrected chi connectivity index (χ2v) is 9.02. The summed E-state index contributed by atoms with van der Waals surface area (Å²) in [7, 11) is 0.929.